The van der Waals surface area contributed by atoms with Crippen molar-refractivity contribution in [3.63, 3.8) is 0 Å². The molecule has 0 unspecified atom stereocenters. The lowest BCUT2D eigenvalue weighted by Gasteiger charge is -2.22. The summed E-state index contributed by atoms with van der Waals surface area (Å²) in [6.45, 7) is 1.79. The maximum atomic E-state index is 12.4. The molecular weight excluding hydrogens is 270 g/mol. The average molecular weight is 284 g/mol. The Hall–Kier alpha value is -1.59. The third-order valence-corrected chi connectivity index (χ3v) is 3.49. The number of benzene rings is 1. The summed E-state index contributed by atoms with van der Waals surface area (Å²) in [6.07, 6.45) is -0.745. The lowest BCUT2D eigenvalue weighted by molar-refractivity contribution is -0.141. The van der Waals surface area contributed by atoms with Gasteiger partial charge in [0.25, 0.3) is 5.91 Å². The monoisotopic (exact) mass is 283 g/mol. The van der Waals surface area contributed by atoms with E-state index in [1.54, 1.807) is 19.1 Å². The topological polar surface area (TPSA) is 77.8 Å². The number of nitrogens with zero attached hydrogens (tertiary/aromatic N) is 1. The summed E-state index contributed by atoms with van der Waals surface area (Å²) in [5, 5.41) is 19.1. The second-order valence-electron chi connectivity index (χ2n) is 4.66. The Kier molecular flexibility index (Phi) is 3.78. The van der Waals surface area contributed by atoms with Crippen LogP contribution in [0.3, 0.4) is 0 Å². The van der Waals surface area contributed by atoms with Crippen LogP contribution in [0.15, 0.2) is 18.2 Å². The highest BCUT2D eigenvalue weighted by Crippen LogP contribution is 2.24. The van der Waals surface area contributed by atoms with Crippen LogP contribution in [0.1, 0.15) is 22.3 Å². The molecule has 0 radical (unpaired) electrons. The number of carboxylic acid groups (broad SMARTS) is 1. The maximum absolute atomic E-state index is 12.4. The Morgan fingerprint density at radius 2 is 2.11 bits per heavy atom. The fourth-order valence-corrected chi connectivity index (χ4v) is 2.42. The van der Waals surface area contributed by atoms with Crippen LogP contribution in [-0.2, 0) is 4.79 Å². The van der Waals surface area contributed by atoms with Crippen LogP contribution in [-0.4, -0.2) is 45.7 Å². The third kappa shape index (κ3) is 2.72. The lowest BCUT2D eigenvalue weighted by atomic mass is 10.1. The van der Waals surface area contributed by atoms with Crippen LogP contribution in [0.25, 0.3) is 0 Å². The van der Waals surface area contributed by atoms with Crippen molar-refractivity contribution in [2.24, 2.45) is 0 Å². The van der Waals surface area contributed by atoms with Crippen molar-refractivity contribution < 1.29 is 19.8 Å². The number of aliphatic carboxylic acids is 1. The summed E-state index contributed by atoms with van der Waals surface area (Å²) in [4.78, 5) is 24.7. The van der Waals surface area contributed by atoms with Crippen LogP contribution in [0, 0.1) is 6.92 Å². The molecule has 0 bridgehead atoms. The molecule has 1 aromatic rings. The third-order valence-electron chi connectivity index (χ3n) is 3.25. The van der Waals surface area contributed by atoms with Gasteiger partial charge in [-0.2, -0.15) is 0 Å². The number of rotatable bonds is 2. The van der Waals surface area contributed by atoms with Crippen molar-refractivity contribution >= 4 is 23.5 Å². The van der Waals surface area contributed by atoms with Gasteiger partial charge in [0.15, 0.2) is 0 Å². The molecule has 102 valence electrons. The van der Waals surface area contributed by atoms with E-state index in [4.69, 9.17) is 16.7 Å². The van der Waals surface area contributed by atoms with E-state index in [1.165, 1.54) is 11.0 Å². The molecule has 0 aromatic heterocycles. The number of carbonyl (C=O) groups is 2. The molecule has 5 nitrogen and oxygen atoms in total. The summed E-state index contributed by atoms with van der Waals surface area (Å²) >= 11 is 5.86. The lowest BCUT2D eigenvalue weighted by Crippen LogP contribution is -2.40. The summed E-state index contributed by atoms with van der Waals surface area (Å²) in [7, 11) is 0. The number of carbonyl (C=O) groups excluding carboxylic acids is 1. The largest absolute Gasteiger partial charge is 0.480 e. The number of hydrogen-bond donors (Lipinski definition) is 2. The summed E-state index contributed by atoms with van der Waals surface area (Å²) < 4.78 is 0. The number of amides is 1. The normalized spacial score (nSPS) is 22.6. The molecule has 1 saturated heterocycles. The first-order valence-corrected chi connectivity index (χ1v) is 6.26. The van der Waals surface area contributed by atoms with E-state index in [0.29, 0.717) is 10.6 Å². The number of aryl methyl sites for hydroxylation is 1. The van der Waals surface area contributed by atoms with Gasteiger partial charge >= 0.3 is 5.97 Å². The van der Waals surface area contributed by atoms with Gasteiger partial charge in [-0.1, -0.05) is 17.7 Å². The summed E-state index contributed by atoms with van der Waals surface area (Å²) in [5.41, 5.74) is 1.09. The van der Waals surface area contributed by atoms with Crippen molar-refractivity contribution in [2.75, 3.05) is 6.54 Å². The average Bonchev–Trinajstić information content (AvgIpc) is 2.74. The molecule has 1 amide bonds. The highest BCUT2D eigenvalue weighted by Gasteiger charge is 2.39. The second-order valence-corrected chi connectivity index (χ2v) is 5.10. The maximum Gasteiger partial charge on any atom is 0.326 e. The van der Waals surface area contributed by atoms with Crippen LogP contribution >= 0.6 is 11.6 Å². The van der Waals surface area contributed by atoms with E-state index in [-0.39, 0.29) is 13.0 Å². The van der Waals surface area contributed by atoms with E-state index in [0.717, 1.165) is 5.56 Å². The number of likely N-dealkylation sites (tertiary alicyclic amines) is 1. The van der Waals surface area contributed by atoms with Crippen molar-refractivity contribution in [1.82, 2.24) is 4.90 Å². The van der Waals surface area contributed by atoms with Crippen molar-refractivity contribution in [2.45, 2.75) is 25.5 Å². The number of carboxylic acids is 1. The first-order valence-electron chi connectivity index (χ1n) is 5.88. The fraction of sp³-hybridized carbons (Fsp3) is 0.385. The summed E-state index contributed by atoms with van der Waals surface area (Å²) in [6, 6.07) is 3.91. The van der Waals surface area contributed by atoms with Gasteiger partial charge in [-0.3, -0.25) is 4.79 Å². The quantitative estimate of drug-likeness (QED) is 0.858. The molecule has 1 aliphatic rings. The highest BCUT2D eigenvalue weighted by atomic mass is 35.5. The van der Waals surface area contributed by atoms with Gasteiger partial charge in [0.1, 0.15) is 6.04 Å². The Balaban J connectivity index is 2.33. The standard InChI is InChI=1S/C13H14ClNO4/c1-7-2-3-8(14)4-10(7)12(17)15-6-9(16)5-11(15)13(18)19/h2-4,9,11,16H,5-6H2,1H3,(H,18,19)/t9-,11+/m1/s1. The number of aliphatic hydroxyl groups is 1. The first kappa shape index (κ1) is 13.8. The van der Waals surface area contributed by atoms with Gasteiger partial charge in [-0.25, -0.2) is 4.79 Å². The number of hydrogen-bond acceptors (Lipinski definition) is 3. The molecule has 1 aromatic carbocycles. The molecule has 1 heterocycles. The highest BCUT2D eigenvalue weighted by molar-refractivity contribution is 6.31. The van der Waals surface area contributed by atoms with E-state index >= 15 is 0 Å². The van der Waals surface area contributed by atoms with Gasteiger partial charge in [0.05, 0.1) is 6.10 Å². The summed E-state index contributed by atoms with van der Waals surface area (Å²) in [5.74, 6) is -1.52. The number of aliphatic hydroxyl groups excluding tert-OH is 1. The molecule has 2 rings (SSSR count). The zero-order chi connectivity index (χ0) is 14.2. The first-order chi connectivity index (χ1) is 8.90. The molecule has 6 heteroatoms. The molecule has 1 fully saturated rings. The predicted octanol–water partition coefficient (Wildman–Crippen LogP) is 1.31. The molecule has 1 aliphatic heterocycles. The van der Waals surface area contributed by atoms with Gasteiger partial charge in [-0.05, 0) is 24.6 Å². The molecule has 2 atom stereocenters. The van der Waals surface area contributed by atoms with Crippen molar-refractivity contribution in [3.8, 4) is 0 Å². The van der Waals surface area contributed by atoms with Crippen LogP contribution < -0.4 is 0 Å². The van der Waals surface area contributed by atoms with Crippen molar-refractivity contribution in [3.05, 3.63) is 34.3 Å². The fourth-order valence-electron chi connectivity index (χ4n) is 2.25. The predicted molar refractivity (Wildman–Crippen MR) is 69.3 cm³/mol. The van der Waals surface area contributed by atoms with E-state index in [9.17, 15) is 14.7 Å². The molecule has 0 aliphatic carbocycles. The Morgan fingerprint density at radius 3 is 2.74 bits per heavy atom. The van der Waals surface area contributed by atoms with Gasteiger partial charge < -0.3 is 15.1 Å². The number of β-amino-alcohol motifs (C(OH)–C–C–N with tert-alkyl or cyclic N) is 1. The van der Waals surface area contributed by atoms with Gasteiger partial charge in [0.2, 0.25) is 0 Å². The molecule has 2 N–H and O–H groups in total. The minimum Gasteiger partial charge on any atom is -0.480 e. The Labute approximate surface area is 115 Å². The minimum absolute atomic E-state index is 0.0295. The second kappa shape index (κ2) is 5.19. The molecule has 0 saturated carbocycles. The molecular formula is C13H14ClNO4. The Morgan fingerprint density at radius 1 is 1.42 bits per heavy atom. The van der Waals surface area contributed by atoms with Crippen molar-refractivity contribution in [1.29, 1.82) is 0 Å². The number of halogens is 1. The zero-order valence-electron chi connectivity index (χ0n) is 10.3. The van der Waals surface area contributed by atoms with Gasteiger partial charge in [-0.15, -0.1) is 0 Å². The molecule has 0 spiro atoms. The van der Waals surface area contributed by atoms with Crippen LogP contribution in [0.4, 0.5) is 0 Å². The van der Waals surface area contributed by atoms with Crippen LogP contribution in [0.5, 0.6) is 0 Å². The zero-order valence-corrected chi connectivity index (χ0v) is 11.1. The smallest absolute Gasteiger partial charge is 0.326 e. The van der Waals surface area contributed by atoms with Gasteiger partial charge in [0, 0.05) is 23.6 Å². The molecule has 19 heavy (non-hydrogen) atoms. The minimum atomic E-state index is -1.11. The SMILES string of the molecule is Cc1ccc(Cl)cc1C(=O)N1C[C@H](O)C[C@H]1C(=O)O. The van der Waals surface area contributed by atoms with E-state index in [2.05, 4.69) is 0 Å². The van der Waals surface area contributed by atoms with Crippen LogP contribution in [0.2, 0.25) is 5.02 Å². The van der Waals surface area contributed by atoms with E-state index < -0.39 is 24.0 Å². The van der Waals surface area contributed by atoms with E-state index in [1.807, 2.05) is 0 Å². The Bertz CT molecular complexity index is 531.